The van der Waals surface area contributed by atoms with Gasteiger partial charge >= 0.3 is 6.09 Å². The number of rotatable bonds is 1. The molecule has 0 aliphatic carbocycles. The van der Waals surface area contributed by atoms with Crippen LogP contribution in [0.15, 0.2) is 12.1 Å². The molecule has 0 bridgehead atoms. The first kappa shape index (κ1) is 14.5. The summed E-state index contributed by atoms with van der Waals surface area (Å²) in [6.45, 7) is 5.25. The second-order valence-corrected chi connectivity index (χ2v) is 5.94. The smallest absolute Gasteiger partial charge is 0.412 e. The van der Waals surface area contributed by atoms with Crippen molar-refractivity contribution < 1.29 is 13.9 Å². The van der Waals surface area contributed by atoms with E-state index in [2.05, 4.69) is 5.32 Å². The lowest BCUT2D eigenvalue weighted by molar-refractivity contribution is 0.0636. The maximum absolute atomic E-state index is 13.2. The van der Waals surface area contributed by atoms with Crippen molar-refractivity contribution in [2.45, 2.75) is 26.4 Å². The predicted octanol–water partition coefficient (Wildman–Crippen LogP) is 4.43. The van der Waals surface area contributed by atoms with E-state index in [1.165, 1.54) is 6.07 Å². The van der Waals surface area contributed by atoms with Crippen molar-refractivity contribution in [2.75, 3.05) is 5.32 Å². The Morgan fingerprint density at radius 1 is 1.47 bits per heavy atom. The molecule has 94 valence electrons. The SMILES string of the molecule is CC(C)(C)OC(=O)Nc1cc(F)c(Cl)cc1I. The van der Waals surface area contributed by atoms with Gasteiger partial charge in [0.05, 0.1) is 10.7 Å². The number of hydrogen-bond donors (Lipinski definition) is 1. The maximum atomic E-state index is 13.2. The lowest BCUT2D eigenvalue weighted by Crippen LogP contribution is -2.27. The van der Waals surface area contributed by atoms with E-state index in [1.54, 1.807) is 20.8 Å². The molecule has 17 heavy (non-hydrogen) atoms. The number of benzene rings is 1. The molecule has 0 spiro atoms. The minimum Gasteiger partial charge on any atom is -0.444 e. The number of halogens is 3. The van der Waals surface area contributed by atoms with Crippen molar-refractivity contribution in [3.63, 3.8) is 0 Å². The Labute approximate surface area is 118 Å². The van der Waals surface area contributed by atoms with E-state index in [4.69, 9.17) is 16.3 Å². The Bertz CT molecular complexity index is 446. The molecule has 1 amide bonds. The number of ether oxygens (including phenoxy) is 1. The van der Waals surface area contributed by atoms with Crippen LogP contribution in [0.1, 0.15) is 20.8 Å². The molecule has 0 fully saturated rings. The van der Waals surface area contributed by atoms with Crippen LogP contribution in [0, 0.1) is 9.39 Å². The summed E-state index contributed by atoms with van der Waals surface area (Å²) in [6, 6.07) is 2.60. The Morgan fingerprint density at radius 2 is 2.06 bits per heavy atom. The van der Waals surface area contributed by atoms with E-state index >= 15 is 0 Å². The summed E-state index contributed by atoms with van der Waals surface area (Å²) in [4.78, 5) is 11.5. The topological polar surface area (TPSA) is 38.3 Å². The van der Waals surface area contributed by atoms with Gasteiger partial charge in [-0.25, -0.2) is 9.18 Å². The molecule has 1 N–H and O–H groups in total. The van der Waals surface area contributed by atoms with Crippen LogP contribution < -0.4 is 5.32 Å². The standard InChI is InChI=1S/C11H12ClFINO2/c1-11(2,3)17-10(16)15-9-5-7(13)6(12)4-8(9)14/h4-5H,1-3H3,(H,15,16). The largest absolute Gasteiger partial charge is 0.444 e. The van der Waals surface area contributed by atoms with Gasteiger partial charge in [-0.15, -0.1) is 0 Å². The third kappa shape index (κ3) is 4.67. The van der Waals surface area contributed by atoms with E-state index in [-0.39, 0.29) is 5.02 Å². The Balaban J connectivity index is 2.82. The van der Waals surface area contributed by atoms with E-state index in [0.717, 1.165) is 6.07 Å². The zero-order valence-electron chi connectivity index (χ0n) is 9.61. The highest BCUT2D eigenvalue weighted by atomic mass is 127. The molecule has 3 nitrogen and oxygen atoms in total. The highest BCUT2D eigenvalue weighted by molar-refractivity contribution is 14.1. The minimum atomic E-state index is -0.628. The number of nitrogens with one attached hydrogen (secondary N) is 1. The monoisotopic (exact) mass is 371 g/mol. The molecule has 0 saturated carbocycles. The van der Waals surface area contributed by atoms with Crippen molar-refractivity contribution in [2.24, 2.45) is 0 Å². The van der Waals surface area contributed by atoms with Crippen molar-refractivity contribution in [3.8, 4) is 0 Å². The molecular formula is C11H12ClFINO2. The fourth-order valence-electron chi connectivity index (χ4n) is 1.03. The molecule has 0 aromatic heterocycles. The molecule has 0 aliphatic heterocycles. The van der Waals surface area contributed by atoms with Crippen molar-refractivity contribution in [1.82, 2.24) is 0 Å². The van der Waals surface area contributed by atoms with Crippen LogP contribution in [0.5, 0.6) is 0 Å². The molecule has 1 rings (SSSR count). The quantitative estimate of drug-likeness (QED) is 0.586. The van der Waals surface area contributed by atoms with Crippen LogP contribution in [0.4, 0.5) is 14.9 Å². The Hall–Kier alpha value is -0.560. The summed E-state index contributed by atoms with van der Waals surface area (Å²) in [7, 11) is 0. The number of hydrogen-bond acceptors (Lipinski definition) is 2. The Kier molecular flexibility index (Phi) is 4.60. The van der Waals surface area contributed by atoms with Gasteiger partial charge in [0.25, 0.3) is 0 Å². The van der Waals surface area contributed by atoms with E-state index in [0.29, 0.717) is 9.26 Å². The molecule has 0 aliphatic rings. The van der Waals surface area contributed by atoms with E-state index in [9.17, 15) is 9.18 Å². The summed E-state index contributed by atoms with van der Waals surface area (Å²) in [5, 5.41) is 2.49. The molecule has 1 aromatic rings. The van der Waals surface area contributed by atoms with E-state index in [1.807, 2.05) is 22.6 Å². The summed E-state index contributed by atoms with van der Waals surface area (Å²) in [5.41, 5.74) is -0.262. The van der Waals surface area contributed by atoms with E-state index < -0.39 is 17.5 Å². The van der Waals surface area contributed by atoms with Crippen LogP contribution in [0.2, 0.25) is 5.02 Å². The molecular weight excluding hydrogens is 359 g/mol. The molecule has 0 saturated heterocycles. The third-order valence-electron chi connectivity index (χ3n) is 1.65. The number of carbonyl (C=O) groups is 1. The van der Waals surface area contributed by atoms with Gasteiger partial charge < -0.3 is 4.74 Å². The van der Waals surface area contributed by atoms with Crippen LogP contribution in [0.3, 0.4) is 0 Å². The van der Waals surface area contributed by atoms with Gasteiger partial charge in [-0.2, -0.15) is 0 Å². The van der Waals surface area contributed by atoms with Gasteiger partial charge in [-0.3, -0.25) is 5.32 Å². The summed E-state index contributed by atoms with van der Waals surface area (Å²) < 4.78 is 18.9. The highest BCUT2D eigenvalue weighted by Gasteiger charge is 2.17. The first-order chi connectivity index (χ1) is 7.69. The van der Waals surface area contributed by atoms with Gasteiger partial charge in [-0.05, 0) is 49.4 Å². The second kappa shape index (κ2) is 5.39. The first-order valence-electron chi connectivity index (χ1n) is 4.83. The summed E-state index contributed by atoms with van der Waals surface area (Å²) in [6.07, 6.45) is -0.628. The Morgan fingerprint density at radius 3 is 2.59 bits per heavy atom. The lowest BCUT2D eigenvalue weighted by atomic mass is 10.2. The van der Waals surface area contributed by atoms with Gasteiger partial charge in [0, 0.05) is 9.64 Å². The summed E-state index contributed by atoms with van der Waals surface area (Å²) in [5.74, 6) is -0.585. The fourth-order valence-corrected chi connectivity index (χ4v) is 1.98. The minimum absolute atomic E-state index is 0.0177. The van der Waals surface area contributed by atoms with Crippen LogP contribution in [0.25, 0.3) is 0 Å². The zero-order chi connectivity index (χ0) is 13.2. The average Bonchev–Trinajstić information content (AvgIpc) is 2.11. The molecule has 0 heterocycles. The third-order valence-corrected chi connectivity index (χ3v) is 2.83. The van der Waals surface area contributed by atoms with Crippen molar-refractivity contribution in [1.29, 1.82) is 0 Å². The van der Waals surface area contributed by atoms with Crippen molar-refractivity contribution in [3.05, 3.63) is 26.5 Å². The van der Waals surface area contributed by atoms with Gasteiger partial charge in [0.2, 0.25) is 0 Å². The van der Waals surface area contributed by atoms with Gasteiger partial charge in [-0.1, -0.05) is 11.6 Å². The van der Waals surface area contributed by atoms with Crippen LogP contribution >= 0.6 is 34.2 Å². The number of carbonyl (C=O) groups excluding carboxylic acids is 1. The number of anilines is 1. The molecule has 0 radical (unpaired) electrons. The molecule has 0 atom stereocenters. The van der Waals surface area contributed by atoms with Crippen LogP contribution in [-0.4, -0.2) is 11.7 Å². The van der Waals surface area contributed by atoms with Gasteiger partial charge in [0.15, 0.2) is 0 Å². The zero-order valence-corrected chi connectivity index (χ0v) is 12.5. The second-order valence-electron chi connectivity index (χ2n) is 4.37. The predicted molar refractivity (Wildman–Crippen MR) is 74.0 cm³/mol. The van der Waals surface area contributed by atoms with Gasteiger partial charge in [0.1, 0.15) is 11.4 Å². The highest BCUT2D eigenvalue weighted by Crippen LogP contribution is 2.26. The van der Waals surface area contributed by atoms with Crippen molar-refractivity contribution >= 4 is 46.0 Å². The average molecular weight is 372 g/mol. The fraction of sp³-hybridized carbons (Fsp3) is 0.364. The molecule has 6 heteroatoms. The number of amides is 1. The van der Waals surface area contributed by atoms with Crippen LogP contribution in [-0.2, 0) is 4.74 Å². The molecule has 0 unspecified atom stereocenters. The normalized spacial score (nSPS) is 11.2. The lowest BCUT2D eigenvalue weighted by Gasteiger charge is -2.20. The summed E-state index contributed by atoms with van der Waals surface area (Å²) >= 11 is 7.56. The first-order valence-corrected chi connectivity index (χ1v) is 6.29. The maximum Gasteiger partial charge on any atom is 0.412 e. The molecule has 1 aromatic carbocycles.